The highest BCUT2D eigenvalue weighted by molar-refractivity contribution is 5.76. The predicted octanol–water partition coefficient (Wildman–Crippen LogP) is 4.37. The molecule has 0 spiro atoms. The fourth-order valence-corrected chi connectivity index (χ4v) is 3.93. The third-order valence-electron chi connectivity index (χ3n) is 5.36. The molecule has 7 nitrogen and oxygen atoms in total. The van der Waals surface area contributed by atoms with Crippen LogP contribution in [0, 0.1) is 5.92 Å². The second-order valence-corrected chi connectivity index (χ2v) is 7.71. The van der Waals surface area contributed by atoms with Crippen LogP contribution in [0.25, 0.3) is 0 Å². The molecule has 1 aliphatic rings. The number of benzene rings is 1. The summed E-state index contributed by atoms with van der Waals surface area (Å²) in [7, 11) is 1.54. The fraction of sp³-hybridized carbons (Fsp3) is 0.308. The summed E-state index contributed by atoms with van der Waals surface area (Å²) in [5.74, 6) is -0.189. The summed E-state index contributed by atoms with van der Waals surface area (Å²) in [6, 6.07) is 4.74. The van der Waals surface area contributed by atoms with Gasteiger partial charge in [0.05, 0.1) is 5.76 Å². The Morgan fingerprint density at radius 3 is 2.58 bits per heavy atom. The first kappa shape index (κ1) is 25.7. The number of carbonyl (C=O) groups excluding carboxylic acids is 2. The van der Waals surface area contributed by atoms with Gasteiger partial charge in [-0.1, -0.05) is 24.3 Å². The zero-order valence-electron chi connectivity index (χ0n) is 19.6. The molecule has 1 aliphatic heterocycles. The van der Waals surface area contributed by atoms with Crippen LogP contribution in [0.4, 0.5) is 0 Å². The van der Waals surface area contributed by atoms with Gasteiger partial charge in [0.25, 0.3) is 0 Å². The van der Waals surface area contributed by atoms with Crippen LogP contribution in [0.5, 0.6) is 11.5 Å². The second kappa shape index (κ2) is 11.3. The maximum atomic E-state index is 12.1. The molecule has 1 aromatic rings. The van der Waals surface area contributed by atoms with E-state index in [0.717, 1.165) is 6.29 Å². The zero-order chi connectivity index (χ0) is 24.6. The quantitative estimate of drug-likeness (QED) is 0.234. The molecule has 0 aliphatic carbocycles. The normalized spacial score (nSPS) is 21.5. The maximum Gasteiger partial charge on any atom is 0.220 e. The second-order valence-electron chi connectivity index (χ2n) is 7.71. The molecule has 0 saturated heterocycles. The van der Waals surface area contributed by atoms with Gasteiger partial charge in [0.15, 0.2) is 0 Å². The van der Waals surface area contributed by atoms with E-state index in [1.807, 2.05) is 6.08 Å². The molecular formula is C26H31NO6. The van der Waals surface area contributed by atoms with Crippen molar-refractivity contribution in [2.75, 3.05) is 13.7 Å². The van der Waals surface area contributed by atoms with E-state index < -0.39 is 11.5 Å². The maximum absolute atomic E-state index is 12.1. The summed E-state index contributed by atoms with van der Waals surface area (Å²) in [6.07, 6.45) is 11.1. The smallest absolute Gasteiger partial charge is 0.220 e. The first-order valence-corrected chi connectivity index (χ1v) is 10.5. The summed E-state index contributed by atoms with van der Waals surface area (Å²) in [6.45, 7) is 6.63. The van der Waals surface area contributed by atoms with Crippen molar-refractivity contribution in [3.63, 3.8) is 0 Å². The van der Waals surface area contributed by atoms with Gasteiger partial charge < -0.3 is 25.0 Å². The Morgan fingerprint density at radius 2 is 2.00 bits per heavy atom. The number of allylic oxidation sites excluding steroid dienone is 7. The van der Waals surface area contributed by atoms with Crippen LogP contribution in [0.3, 0.4) is 0 Å². The van der Waals surface area contributed by atoms with Gasteiger partial charge in [0.1, 0.15) is 30.0 Å². The lowest BCUT2D eigenvalue weighted by molar-refractivity contribution is -0.118. The largest absolute Gasteiger partial charge is 0.513 e. The average Bonchev–Trinajstić information content (AvgIpc) is 2.76. The number of aromatic hydroxyl groups is 1. The number of phenols is 1. The Labute approximate surface area is 194 Å². The minimum atomic E-state index is -1.16. The number of phenolic OH excluding ortho intramolecular Hbond substituents is 1. The molecule has 176 valence electrons. The van der Waals surface area contributed by atoms with E-state index in [9.17, 15) is 19.8 Å². The van der Waals surface area contributed by atoms with E-state index in [4.69, 9.17) is 9.47 Å². The molecule has 3 N–H and O–H groups in total. The lowest BCUT2D eigenvalue weighted by Crippen LogP contribution is -2.44. The zero-order valence-corrected chi connectivity index (χ0v) is 19.6. The molecule has 2 rings (SSSR count). The van der Waals surface area contributed by atoms with Crippen molar-refractivity contribution in [3.8, 4) is 11.5 Å². The van der Waals surface area contributed by atoms with E-state index >= 15 is 0 Å². The summed E-state index contributed by atoms with van der Waals surface area (Å²) < 4.78 is 12.1. The topological polar surface area (TPSA) is 105 Å². The number of carbonyl (C=O) groups is 2. The molecule has 0 radical (unpaired) electrons. The minimum absolute atomic E-state index is 0.0416. The van der Waals surface area contributed by atoms with Gasteiger partial charge in [-0.3, -0.25) is 9.59 Å². The Kier molecular flexibility index (Phi) is 8.82. The molecule has 0 aromatic heterocycles. The molecule has 2 atom stereocenters. The van der Waals surface area contributed by atoms with Crippen molar-refractivity contribution in [3.05, 3.63) is 82.8 Å². The minimum Gasteiger partial charge on any atom is -0.513 e. The number of rotatable bonds is 8. The Morgan fingerprint density at radius 1 is 1.27 bits per heavy atom. The lowest BCUT2D eigenvalue weighted by atomic mass is 9.70. The number of aldehydes is 1. The molecule has 1 heterocycles. The Hall–Kier alpha value is -3.58. The van der Waals surface area contributed by atoms with E-state index in [0.29, 0.717) is 28.2 Å². The van der Waals surface area contributed by atoms with E-state index in [2.05, 4.69) is 5.32 Å². The van der Waals surface area contributed by atoms with Crippen molar-refractivity contribution in [2.45, 2.75) is 33.3 Å². The van der Waals surface area contributed by atoms with Gasteiger partial charge in [-0.2, -0.15) is 0 Å². The predicted molar refractivity (Wildman–Crippen MR) is 127 cm³/mol. The molecular weight excluding hydrogens is 422 g/mol. The number of hydrogen-bond donors (Lipinski definition) is 3. The van der Waals surface area contributed by atoms with Crippen LogP contribution in [0.1, 0.15) is 33.3 Å². The first-order chi connectivity index (χ1) is 15.7. The van der Waals surface area contributed by atoms with Gasteiger partial charge in [0.2, 0.25) is 5.91 Å². The van der Waals surface area contributed by atoms with Crippen molar-refractivity contribution < 1.29 is 29.3 Å². The van der Waals surface area contributed by atoms with Crippen LogP contribution >= 0.6 is 0 Å². The standard InChI is InChI=1S/C26H31NO6/c1-6-20(15-28)23(9-7-8-17(2)27-19(4)30)26(32-5)21(11-10-18(3)29)16-33-25-14-22(31)12-13-24(25)26/h6-15,23,29,31H,16H2,1-5H3,(H,27,30)/b9-7?,17-8+,18-10+,20-6-,21-11+. The molecule has 33 heavy (non-hydrogen) atoms. The molecule has 0 fully saturated rings. The molecule has 0 bridgehead atoms. The van der Waals surface area contributed by atoms with Crippen LogP contribution in [0.2, 0.25) is 0 Å². The number of amides is 1. The monoisotopic (exact) mass is 453 g/mol. The highest BCUT2D eigenvalue weighted by atomic mass is 16.5. The van der Waals surface area contributed by atoms with Gasteiger partial charge in [-0.25, -0.2) is 0 Å². The number of hydrogen-bond acceptors (Lipinski definition) is 6. The van der Waals surface area contributed by atoms with E-state index in [-0.39, 0.29) is 24.0 Å². The van der Waals surface area contributed by atoms with Crippen LogP contribution < -0.4 is 10.1 Å². The van der Waals surface area contributed by atoms with Gasteiger partial charge in [-0.15, -0.1) is 0 Å². The Balaban J connectivity index is 2.80. The number of nitrogens with one attached hydrogen (secondary N) is 1. The van der Waals surface area contributed by atoms with E-state index in [1.54, 1.807) is 58.3 Å². The van der Waals surface area contributed by atoms with Crippen molar-refractivity contribution >= 4 is 12.2 Å². The summed E-state index contributed by atoms with van der Waals surface area (Å²) in [5, 5.41) is 22.4. The number of aliphatic hydroxyl groups is 1. The van der Waals surface area contributed by atoms with Crippen LogP contribution in [-0.4, -0.2) is 36.1 Å². The highest BCUT2D eigenvalue weighted by Gasteiger charge is 2.48. The number of methoxy groups -OCH3 is 1. The number of ether oxygens (including phenoxy) is 2. The van der Waals surface area contributed by atoms with Crippen LogP contribution in [-0.2, 0) is 19.9 Å². The third-order valence-corrected chi connectivity index (χ3v) is 5.36. The number of fused-ring (bicyclic) bond motifs is 1. The third kappa shape index (κ3) is 5.81. The molecule has 2 unspecified atom stereocenters. The highest BCUT2D eigenvalue weighted by Crippen LogP contribution is 2.50. The lowest BCUT2D eigenvalue weighted by Gasteiger charge is -2.44. The van der Waals surface area contributed by atoms with E-state index in [1.165, 1.54) is 25.1 Å². The van der Waals surface area contributed by atoms with Crippen molar-refractivity contribution in [1.29, 1.82) is 0 Å². The molecule has 7 heteroatoms. The van der Waals surface area contributed by atoms with Crippen molar-refractivity contribution in [2.24, 2.45) is 5.92 Å². The van der Waals surface area contributed by atoms with Gasteiger partial charge >= 0.3 is 0 Å². The fourth-order valence-electron chi connectivity index (χ4n) is 3.93. The SMILES string of the molecule is C/C=C(/C=O)C(C=C/C=C(\C)NC(C)=O)C1(OC)/C(=C/C=C(\C)O)COc2cc(O)ccc21. The molecule has 0 saturated carbocycles. The summed E-state index contributed by atoms with van der Waals surface area (Å²) >= 11 is 0. The summed E-state index contributed by atoms with van der Waals surface area (Å²) in [5.41, 5.74) is 1.25. The van der Waals surface area contributed by atoms with Gasteiger partial charge in [0, 0.05) is 42.9 Å². The molecule has 1 amide bonds. The first-order valence-electron chi connectivity index (χ1n) is 10.5. The average molecular weight is 454 g/mol. The summed E-state index contributed by atoms with van der Waals surface area (Å²) in [4.78, 5) is 23.4. The molecule has 1 aromatic carbocycles. The van der Waals surface area contributed by atoms with Crippen molar-refractivity contribution in [1.82, 2.24) is 5.32 Å². The Bertz CT molecular complexity index is 1040. The van der Waals surface area contributed by atoms with Gasteiger partial charge in [-0.05, 0) is 50.6 Å². The van der Waals surface area contributed by atoms with Crippen LogP contribution in [0.15, 0.2) is 77.3 Å². The number of aliphatic hydroxyl groups excluding tert-OH is 1.